The SMILES string of the molecule is CCS(=O)(=O)c1cc(C#N)cnc1C1=NC(C(C)C)C(=O)N1. The maximum absolute atomic E-state index is 12.2. The van der Waals surface area contributed by atoms with Gasteiger partial charge in [0.25, 0.3) is 5.91 Å². The number of rotatable bonds is 4. The van der Waals surface area contributed by atoms with Crippen LogP contribution >= 0.6 is 0 Å². The number of nitrogens with zero attached hydrogens (tertiary/aromatic N) is 3. The smallest absolute Gasteiger partial charge is 0.250 e. The van der Waals surface area contributed by atoms with Crippen LogP contribution in [0.1, 0.15) is 32.0 Å². The number of carbonyl (C=O) groups is 1. The fourth-order valence-electron chi connectivity index (χ4n) is 2.07. The van der Waals surface area contributed by atoms with Crippen molar-refractivity contribution in [2.75, 3.05) is 5.75 Å². The molecule has 0 radical (unpaired) electrons. The Kier molecular flexibility index (Phi) is 4.28. The van der Waals surface area contributed by atoms with Gasteiger partial charge >= 0.3 is 0 Å². The Labute approximate surface area is 129 Å². The summed E-state index contributed by atoms with van der Waals surface area (Å²) in [6.07, 6.45) is 1.27. The van der Waals surface area contributed by atoms with E-state index < -0.39 is 15.9 Å². The number of sulfone groups is 1. The van der Waals surface area contributed by atoms with E-state index in [2.05, 4.69) is 15.3 Å². The van der Waals surface area contributed by atoms with Crippen molar-refractivity contribution < 1.29 is 13.2 Å². The normalized spacial score (nSPS) is 18.0. The minimum atomic E-state index is -3.60. The van der Waals surface area contributed by atoms with Crippen LogP contribution in [0.4, 0.5) is 0 Å². The van der Waals surface area contributed by atoms with Gasteiger partial charge in [0.15, 0.2) is 15.7 Å². The number of hydrogen-bond acceptors (Lipinski definition) is 6. The van der Waals surface area contributed by atoms with E-state index in [0.717, 1.165) is 0 Å². The van der Waals surface area contributed by atoms with Crippen molar-refractivity contribution in [3.63, 3.8) is 0 Å². The lowest BCUT2D eigenvalue weighted by molar-refractivity contribution is -0.120. The summed E-state index contributed by atoms with van der Waals surface area (Å²) < 4.78 is 24.5. The minimum absolute atomic E-state index is 0.0119. The first-order chi connectivity index (χ1) is 10.3. The van der Waals surface area contributed by atoms with E-state index >= 15 is 0 Å². The van der Waals surface area contributed by atoms with Crippen molar-refractivity contribution in [3.05, 3.63) is 23.5 Å². The third-order valence-corrected chi connectivity index (χ3v) is 5.07. The van der Waals surface area contributed by atoms with Gasteiger partial charge in [-0.3, -0.25) is 14.8 Å². The number of amidine groups is 1. The van der Waals surface area contributed by atoms with Gasteiger partial charge in [-0.2, -0.15) is 5.26 Å². The average molecular weight is 320 g/mol. The van der Waals surface area contributed by atoms with E-state index in [4.69, 9.17) is 5.26 Å². The van der Waals surface area contributed by atoms with Crippen molar-refractivity contribution in [2.45, 2.75) is 31.7 Å². The molecule has 1 aliphatic rings. The molecule has 0 aliphatic carbocycles. The average Bonchev–Trinajstić information content (AvgIpc) is 2.88. The number of nitriles is 1. The number of aliphatic imine (C=N–C) groups is 1. The number of pyridine rings is 1. The van der Waals surface area contributed by atoms with E-state index in [9.17, 15) is 13.2 Å². The quantitative estimate of drug-likeness (QED) is 0.875. The highest BCUT2D eigenvalue weighted by molar-refractivity contribution is 7.91. The zero-order valence-corrected chi connectivity index (χ0v) is 13.3. The zero-order valence-electron chi connectivity index (χ0n) is 12.5. The second kappa shape index (κ2) is 5.85. The van der Waals surface area contributed by atoms with Gasteiger partial charge in [-0.15, -0.1) is 0 Å². The van der Waals surface area contributed by atoms with Gasteiger partial charge < -0.3 is 5.32 Å². The zero-order chi connectivity index (χ0) is 16.5. The highest BCUT2D eigenvalue weighted by Crippen LogP contribution is 2.21. The Morgan fingerprint density at radius 1 is 1.45 bits per heavy atom. The minimum Gasteiger partial charge on any atom is -0.307 e. The van der Waals surface area contributed by atoms with Crippen LogP contribution in [0, 0.1) is 17.2 Å². The van der Waals surface area contributed by atoms with Crippen LogP contribution in [0.2, 0.25) is 0 Å². The predicted octanol–water partition coefficient (Wildman–Crippen LogP) is 0.648. The maximum Gasteiger partial charge on any atom is 0.250 e. The predicted molar refractivity (Wildman–Crippen MR) is 80.0 cm³/mol. The Hall–Kier alpha value is -2.27. The molecule has 1 N–H and O–H groups in total. The molecule has 2 heterocycles. The molecule has 0 saturated heterocycles. The van der Waals surface area contributed by atoms with Gasteiger partial charge in [0.2, 0.25) is 0 Å². The Bertz CT molecular complexity index is 791. The van der Waals surface area contributed by atoms with E-state index in [1.807, 2.05) is 19.9 Å². The first kappa shape index (κ1) is 16.1. The third kappa shape index (κ3) is 2.85. The Balaban J connectivity index is 2.60. The molecule has 1 amide bonds. The molecule has 7 nitrogen and oxygen atoms in total. The van der Waals surface area contributed by atoms with Crippen LogP contribution in [-0.2, 0) is 14.6 Å². The van der Waals surface area contributed by atoms with Crippen LogP contribution < -0.4 is 5.32 Å². The van der Waals surface area contributed by atoms with Crippen molar-refractivity contribution in [1.82, 2.24) is 10.3 Å². The second-order valence-corrected chi connectivity index (χ2v) is 7.49. The van der Waals surface area contributed by atoms with Crippen molar-refractivity contribution in [3.8, 4) is 6.07 Å². The number of aromatic nitrogens is 1. The molecule has 1 aromatic heterocycles. The molecule has 22 heavy (non-hydrogen) atoms. The van der Waals surface area contributed by atoms with Crippen LogP contribution in [0.5, 0.6) is 0 Å². The summed E-state index contributed by atoms with van der Waals surface area (Å²) in [5, 5.41) is 11.5. The van der Waals surface area contributed by atoms with Gasteiger partial charge in [0, 0.05) is 6.20 Å². The van der Waals surface area contributed by atoms with E-state index in [0.29, 0.717) is 0 Å². The number of nitrogens with one attached hydrogen (secondary N) is 1. The molecule has 1 aliphatic heterocycles. The first-order valence-electron chi connectivity index (χ1n) is 6.82. The Morgan fingerprint density at radius 3 is 2.64 bits per heavy atom. The molecule has 1 unspecified atom stereocenters. The van der Waals surface area contributed by atoms with E-state index in [1.165, 1.54) is 19.2 Å². The molecule has 1 atom stereocenters. The van der Waals surface area contributed by atoms with Gasteiger partial charge in [0.05, 0.1) is 16.2 Å². The summed E-state index contributed by atoms with van der Waals surface area (Å²) in [5.74, 6) is -0.288. The molecular weight excluding hydrogens is 304 g/mol. The summed E-state index contributed by atoms with van der Waals surface area (Å²) in [6.45, 7) is 5.21. The lowest BCUT2D eigenvalue weighted by Gasteiger charge is -2.08. The molecule has 0 spiro atoms. The second-order valence-electron chi connectivity index (χ2n) is 5.24. The van der Waals surface area contributed by atoms with Gasteiger partial charge in [-0.05, 0) is 12.0 Å². The molecule has 0 saturated carbocycles. The third-order valence-electron chi connectivity index (χ3n) is 3.33. The van der Waals surface area contributed by atoms with Crippen LogP contribution in [0.15, 0.2) is 22.2 Å². The molecule has 0 fully saturated rings. The molecule has 1 aromatic rings. The summed E-state index contributed by atoms with van der Waals surface area (Å²) in [6, 6.07) is 2.56. The number of amides is 1. The standard InChI is InChI=1S/C14H16N4O3S/c1-4-22(20,21)10-5-9(6-15)7-16-12(10)13-17-11(8(2)3)14(19)18-13/h5,7-8,11H,4H2,1-3H3,(H,17,18,19). The van der Waals surface area contributed by atoms with E-state index in [1.54, 1.807) is 0 Å². The monoisotopic (exact) mass is 320 g/mol. The van der Waals surface area contributed by atoms with Gasteiger partial charge in [0.1, 0.15) is 17.8 Å². The lowest BCUT2D eigenvalue weighted by Crippen LogP contribution is -2.32. The van der Waals surface area contributed by atoms with Crippen molar-refractivity contribution in [2.24, 2.45) is 10.9 Å². The summed E-state index contributed by atoms with van der Waals surface area (Å²) in [7, 11) is -3.60. The van der Waals surface area contributed by atoms with Crippen LogP contribution in [-0.4, -0.2) is 36.9 Å². The maximum atomic E-state index is 12.2. The molecule has 2 rings (SSSR count). The molecule has 8 heteroatoms. The number of hydrogen-bond donors (Lipinski definition) is 1. The van der Waals surface area contributed by atoms with Crippen LogP contribution in [0.25, 0.3) is 0 Å². The van der Waals surface area contributed by atoms with Crippen molar-refractivity contribution in [1.29, 1.82) is 5.26 Å². The highest BCUT2D eigenvalue weighted by Gasteiger charge is 2.32. The summed E-state index contributed by atoms with van der Waals surface area (Å²) >= 11 is 0. The van der Waals surface area contributed by atoms with Gasteiger partial charge in [-0.1, -0.05) is 20.8 Å². The molecular formula is C14H16N4O3S. The summed E-state index contributed by atoms with van der Waals surface area (Å²) in [4.78, 5) is 20.1. The van der Waals surface area contributed by atoms with Crippen molar-refractivity contribution >= 4 is 21.6 Å². The first-order valence-corrected chi connectivity index (χ1v) is 8.47. The number of carbonyl (C=O) groups excluding carboxylic acids is 1. The fourth-order valence-corrected chi connectivity index (χ4v) is 3.13. The van der Waals surface area contributed by atoms with Crippen LogP contribution in [0.3, 0.4) is 0 Å². The van der Waals surface area contributed by atoms with Gasteiger partial charge in [-0.25, -0.2) is 8.42 Å². The van der Waals surface area contributed by atoms with E-state index in [-0.39, 0.29) is 39.6 Å². The highest BCUT2D eigenvalue weighted by atomic mass is 32.2. The summed E-state index contributed by atoms with van der Waals surface area (Å²) in [5.41, 5.74) is 0.221. The topological polar surface area (TPSA) is 112 Å². The molecule has 0 bridgehead atoms. The molecule has 0 aromatic carbocycles. The fraction of sp³-hybridized carbons (Fsp3) is 0.429. The molecule has 116 valence electrons. The Morgan fingerprint density at radius 2 is 2.14 bits per heavy atom. The lowest BCUT2D eigenvalue weighted by atomic mass is 10.1. The largest absolute Gasteiger partial charge is 0.307 e.